The molecule has 4 amide bonds. The summed E-state index contributed by atoms with van der Waals surface area (Å²) in [5.41, 5.74) is 2.32. The molecule has 2 aliphatic rings. The second-order valence-electron chi connectivity index (χ2n) is 8.38. The molecule has 7 nitrogen and oxygen atoms in total. The fourth-order valence-corrected chi connectivity index (χ4v) is 4.50. The highest BCUT2D eigenvalue weighted by Gasteiger charge is 2.29. The predicted octanol–water partition coefficient (Wildman–Crippen LogP) is 3.13. The van der Waals surface area contributed by atoms with Crippen LogP contribution in [0.4, 0.5) is 10.5 Å². The zero-order valence-electron chi connectivity index (χ0n) is 18.4. The standard InChI is InChI=1S/C25H30N4O3/c1-2-22(18-7-4-3-5-8-18)24(31)28-14-11-20(12-15-28)27-23(30)19-9-6-10-21(17-19)29-16-13-26-25(29)32/h3-10,17,20,22H,2,11-16H2,1H3,(H,26,32)(H,27,30). The van der Waals surface area contributed by atoms with Crippen molar-refractivity contribution in [2.45, 2.75) is 38.1 Å². The molecule has 0 aromatic heterocycles. The van der Waals surface area contributed by atoms with Crippen molar-refractivity contribution in [3.63, 3.8) is 0 Å². The van der Waals surface area contributed by atoms with Crippen molar-refractivity contribution in [2.75, 3.05) is 31.1 Å². The van der Waals surface area contributed by atoms with E-state index < -0.39 is 0 Å². The number of nitrogens with one attached hydrogen (secondary N) is 2. The van der Waals surface area contributed by atoms with Crippen LogP contribution in [0.15, 0.2) is 54.6 Å². The average Bonchev–Trinajstić information content (AvgIpc) is 3.26. The molecule has 2 aromatic rings. The summed E-state index contributed by atoms with van der Waals surface area (Å²) in [5.74, 6) is -0.0973. The van der Waals surface area contributed by atoms with Crippen molar-refractivity contribution in [3.8, 4) is 0 Å². The highest BCUT2D eigenvalue weighted by Crippen LogP contribution is 2.24. The fraction of sp³-hybridized carbons (Fsp3) is 0.400. The molecule has 0 aliphatic carbocycles. The Kier molecular flexibility index (Phi) is 6.73. The van der Waals surface area contributed by atoms with Crippen LogP contribution in [0, 0.1) is 0 Å². The normalized spacial score (nSPS) is 17.7. The van der Waals surface area contributed by atoms with Gasteiger partial charge >= 0.3 is 6.03 Å². The molecule has 2 aliphatic heterocycles. The Bertz CT molecular complexity index is 970. The van der Waals surface area contributed by atoms with Gasteiger partial charge in [0.05, 0.1) is 5.92 Å². The van der Waals surface area contributed by atoms with Gasteiger partial charge in [-0.3, -0.25) is 14.5 Å². The van der Waals surface area contributed by atoms with Gasteiger partial charge in [0.2, 0.25) is 5.91 Å². The number of urea groups is 1. The lowest BCUT2D eigenvalue weighted by Crippen LogP contribution is -2.47. The van der Waals surface area contributed by atoms with Gasteiger partial charge in [-0.1, -0.05) is 43.3 Å². The molecule has 168 valence electrons. The molecule has 0 radical (unpaired) electrons. The second kappa shape index (κ2) is 9.85. The van der Waals surface area contributed by atoms with Gasteiger partial charge < -0.3 is 15.5 Å². The van der Waals surface area contributed by atoms with E-state index in [0.717, 1.165) is 30.5 Å². The number of benzene rings is 2. The van der Waals surface area contributed by atoms with Crippen molar-refractivity contribution in [1.82, 2.24) is 15.5 Å². The monoisotopic (exact) mass is 434 g/mol. The van der Waals surface area contributed by atoms with E-state index in [1.54, 1.807) is 23.1 Å². The zero-order valence-corrected chi connectivity index (χ0v) is 18.4. The van der Waals surface area contributed by atoms with E-state index in [1.807, 2.05) is 48.2 Å². The SMILES string of the molecule is CCC(C(=O)N1CCC(NC(=O)c2cccc(N3CCNC3=O)c2)CC1)c1ccccc1. The Labute approximate surface area is 188 Å². The molecule has 2 N–H and O–H groups in total. The minimum atomic E-state index is -0.146. The molecule has 2 saturated heterocycles. The van der Waals surface area contributed by atoms with Crippen LogP contribution < -0.4 is 15.5 Å². The number of carbonyl (C=O) groups is 3. The third kappa shape index (κ3) is 4.77. The summed E-state index contributed by atoms with van der Waals surface area (Å²) in [5, 5.41) is 5.87. The van der Waals surface area contributed by atoms with Gasteiger partial charge in [0.15, 0.2) is 0 Å². The third-order valence-electron chi connectivity index (χ3n) is 6.33. The van der Waals surface area contributed by atoms with Gasteiger partial charge in [-0.05, 0) is 43.0 Å². The van der Waals surface area contributed by atoms with Crippen LogP contribution in [0.3, 0.4) is 0 Å². The highest BCUT2D eigenvalue weighted by molar-refractivity contribution is 5.98. The van der Waals surface area contributed by atoms with Crippen LogP contribution in [0.25, 0.3) is 0 Å². The summed E-state index contributed by atoms with van der Waals surface area (Å²) < 4.78 is 0. The van der Waals surface area contributed by atoms with Crippen molar-refractivity contribution < 1.29 is 14.4 Å². The van der Waals surface area contributed by atoms with E-state index in [2.05, 4.69) is 10.6 Å². The molecule has 7 heteroatoms. The Hall–Kier alpha value is -3.35. The van der Waals surface area contributed by atoms with Crippen molar-refractivity contribution >= 4 is 23.5 Å². The van der Waals surface area contributed by atoms with Crippen LogP contribution >= 0.6 is 0 Å². The molecule has 0 bridgehead atoms. The number of rotatable bonds is 6. The largest absolute Gasteiger partial charge is 0.349 e. The maximum atomic E-state index is 13.1. The summed E-state index contributed by atoms with van der Waals surface area (Å²) in [6, 6.07) is 17.0. The van der Waals surface area contributed by atoms with Crippen molar-refractivity contribution in [3.05, 3.63) is 65.7 Å². The number of hydrogen-bond donors (Lipinski definition) is 2. The molecule has 0 spiro atoms. The highest BCUT2D eigenvalue weighted by atomic mass is 16.2. The predicted molar refractivity (Wildman–Crippen MR) is 124 cm³/mol. The Morgan fingerprint density at radius 2 is 1.81 bits per heavy atom. The minimum absolute atomic E-state index is 0.0297. The van der Waals surface area contributed by atoms with E-state index in [-0.39, 0.29) is 29.8 Å². The van der Waals surface area contributed by atoms with E-state index in [1.165, 1.54) is 0 Å². The number of nitrogens with zero attached hydrogens (tertiary/aromatic N) is 2. The second-order valence-corrected chi connectivity index (χ2v) is 8.38. The Balaban J connectivity index is 1.32. The van der Waals surface area contributed by atoms with Gasteiger partial charge in [0.25, 0.3) is 5.91 Å². The van der Waals surface area contributed by atoms with E-state index in [9.17, 15) is 14.4 Å². The summed E-state index contributed by atoms with van der Waals surface area (Å²) in [7, 11) is 0. The van der Waals surface area contributed by atoms with Crippen LogP contribution in [0.5, 0.6) is 0 Å². The molecule has 1 unspecified atom stereocenters. The van der Waals surface area contributed by atoms with E-state index in [4.69, 9.17) is 0 Å². The molecule has 1 atom stereocenters. The van der Waals surface area contributed by atoms with Gasteiger partial charge in [-0.2, -0.15) is 0 Å². The number of amides is 4. The first-order valence-corrected chi connectivity index (χ1v) is 11.4. The topological polar surface area (TPSA) is 81.8 Å². The zero-order chi connectivity index (χ0) is 22.5. The van der Waals surface area contributed by atoms with Crippen LogP contribution in [-0.4, -0.2) is 55.0 Å². The summed E-state index contributed by atoms with van der Waals surface area (Å²) in [6.07, 6.45) is 2.23. The number of carbonyl (C=O) groups excluding carboxylic acids is 3. The van der Waals surface area contributed by atoms with Gasteiger partial charge in [-0.15, -0.1) is 0 Å². The number of hydrogen-bond acceptors (Lipinski definition) is 3. The maximum Gasteiger partial charge on any atom is 0.321 e. The summed E-state index contributed by atoms with van der Waals surface area (Å²) >= 11 is 0. The summed E-state index contributed by atoms with van der Waals surface area (Å²) in [4.78, 5) is 41.3. The van der Waals surface area contributed by atoms with Crippen LogP contribution in [0.1, 0.15) is 48.0 Å². The molecule has 32 heavy (non-hydrogen) atoms. The molecule has 2 fully saturated rings. The molecular weight excluding hydrogens is 404 g/mol. The van der Waals surface area contributed by atoms with Crippen LogP contribution in [-0.2, 0) is 4.79 Å². The molecule has 4 rings (SSSR count). The minimum Gasteiger partial charge on any atom is -0.349 e. The fourth-order valence-electron chi connectivity index (χ4n) is 4.50. The average molecular weight is 435 g/mol. The van der Waals surface area contributed by atoms with Crippen molar-refractivity contribution in [2.24, 2.45) is 0 Å². The lowest BCUT2D eigenvalue weighted by atomic mass is 9.93. The first kappa shape index (κ1) is 21.9. The van der Waals surface area contributed by atoms with E-state index in [0.29, 0.717) is 31.7 Å². The Morgan fingerprint density at radius 1 is 1.06 bits per heavy atom. The first-order valence-electron chi connectivity index (χ1n) is 11.4. The summed E-state index contributed by atoms with van der Waals surface area (Å²) in [6.45, 7) is 4.53. The van der Waals surface area contributed by atoms with Gasteiger partial charge in [-0.25, -0.2) is 4.79 Å². The third-order valence-corrected chi connectivity index (χ3v) is 6.33. The van der Waals surface area contributed by atoms with Gasteiger partial charge in [0, 0.05) is 43.5 Å². The molecular formula is C25H30N4O3. The number of anilines is 1. The lowest BCUT2D eigenvalue weighted by Gasteiger charge is -2.34. The molecule has 0 saturated carbocycles. The smallest absolute Gasteiger partial charge is 0.321 e. The quantitative estimate of drug-likeness (QED) is 0.733. The Morgan fingerprint density at radius 3 is 2.47 bits per heavy atom. The lowest BCUT2D eigenvalue weighted by molar-refractivity contribution is -0.134. The van der Waals surface area contributed by atoms with E-state index >= 15 is 0 Å². The molecule has 2 heterocycles. The van der Waals surface area contributed by atoms with Crippen molar-refractivity contribution in [1.29, 1.82) is 0 Å². The number of piperidine rings is 1. The maximum absolute atomic E-state index is 13.1. The molecule has 2 aromatic carbocycles. The van der Waals surface area contributed by atoms with Gasteiger partial charge in [0.1, 0.15) is 0 Å². The number of likely N-dealkylation sites (tertiary alicyclic amines) is 1. The first-order chi connectivity index (χ1) is 15.6. The van der Waals surface area contributed by atoms with Crippen LogP contribution in [0.2, 0.25) is 0 Å².